The summed E-state index contributed by atoms with van der Waals surface area (Å²) in [5.41, 5.74) is 0.261. The van der Waals surface area contributed by atoms with Crippen molar-refractivity contribution in [1.29, 1.82) is 0 Å². The van der Waals surface area contributed by atoms with Crippen LogP contribution in [0, 0.1) is 11.3 Å². The van der Waals surface area contributed by atoms with Crippen molar-refractivity contribution in [1.82, 2.24) is 0 Å². The van der Waals surface area contributed by atoms with E-state index in [1.807, 2.05) is 0 Å². The molecule has 0 aromatic heterocycles. The first kappa shape index (κ1) is 17.9. The fourth-order valence-electron chi connectivity index (χ4n) is 1.77. The van der Waals surface area contributed by atoms with E-state index in [1.165, 1.54) is 25.7 Å². The monoisotopic (exact) mass is 258 g/mol. The highest BCUT2D eigenvalue weighted by atomic mass is 16.5. The van der Waals surface area contributed by atoms with Gasteiger partial charge < -0.3 is 9.47 Å². The molecule has 1 unspecified atom stereocenters. The summed E-state index contributed by atoms with van der Waals surface area (Å²) in [7, 11) is 0. The Morgan fingerprint density at radius 3 is 1.89 bits per heavy atom. The molecule has 0 N–H and O–H groups in total. The van der Waals surface area contributed by atoms with Crippen LogP contribution < -0.4 is 0 Å². The fraction of sp³-hybridized carbons (Fsp3) is 1.00. The highest BCUT2D eigenvalue weighted by molar-refractivity contribution is 4.73. The molecule has 0 heterocycles. The molecular formula is C16H34O2. The molecule has 0 spiro atoms. The van der Waals surface area contributed by atoms with Gasteiger partial charge in [-0.15, -0.1) is 0 Å². The molecule has 2 heteroatoms. The predicted octanol–water partition coefficient (Wildman–Crippen LogP) is 4.67. The molecule has 0 amide bonds. The van der Waals surface area contributed by atoms with E-state index in [0.717, 1.165) is 32.8 Å². The molecule has 0 aliphatic heterocycles. The third kappa shape index (κ3) is 9.90. The molecular weight excluding hydrogens is 224 g/mol. The van der Waals surface area contributed by atoms with Gasteiger partial charge in [-0.25, -0.2) is 0 Å². The number of unbranched alkanes of at least 4 members (excludes halogenated alkanes) is 3. The van der Waals surface area contributed by atoms with E-state index >= 15 is 0 Å². The van der Waals surface area contributed by atoms with Gasteiger partial charge in [-0.1, -0.05) is 53.9 Å². The number of hydrogen-bond acceptors (Lipinski definition) is 2. The summed E-state index contributed by atoms with van der Waals surface area (Å²) in [5, 5.41) is 0. The summed E-state index contributed by atoms with van der Waals surface area (Å²) in [6.07, 6.45) is 6.19. The Morgan fingerprint density at radius 1 is 0.778 bits per heavy atom. The van der Waals surface area contributed by atoms with Crippen molar-refractivity contribution in [3.8, 4) is 0 Å². The van der Waals surface area contributed by atoms with Crippen LogP contribution in [0.4, 0.5) is 0 Å². The van der Waals surface area contributed by atoms with Crippen molar-refractivity contribution in [2.45, 2.75) is 66.7 Å². The van der Waals surface area contributed by atoms with Crippen LogP contribution in [0.15, 0.2) is 0 Å². The van der Waals surface area contributed by atoms with Gasteiger partial charge in [0.2, 0.25) is 0 Å². The van der Waals surface area contributed by atoms with Crippen molar-refractivity contribution in [3.05, 3.63) is 0 Å². The lowest BCUT2D eigenvalue weighted by Gasteiger charge is -2.30. The molecule has 18 heavy (non-hydrogen) atoms. The van der Waals surface area contributed by atoms with Crippen LogP contribution in [0.5, 0.6) is 0 Å². The topological polar surface area (TPSA) is 18.5 Å². The first-order chi connectivity index (χ1) is 8.52. The average Bonchev–Trinajstić information content (AvgIpc) is 2.30. The second kappa shape index (κ2) is 10.8. The molecule has 0 fully saturated rings. The van der Waals surface area contributed by atoms with E-state index in [2.05, 4.69) is 34.6 Å². The van der Waals surface area contributed by atoms with E-state index < -0.39 is 0 Å². The molecule has 0 aromatic carbocycles. The standard InChI is InChI=1S/C16H34O2/c1-6-8-9-10-12-18-14-15(16(3,4)5)13-17-11-7-2/h15H,6-14H2,1-5H3. The van der Waals surface area contributed by atoms with Crippen LogP contribution in [-0.4, -0.2) is 26.4 Å². The van der Waals surface area contributed by atoms with E-state index in [1.54, 1.807) is 0 Å². The highest BCUT2D eigenvalue weighted by Gasteiger charge is 2.24. The fourth-order valence-corrected chi connectivity index (χ4v) is 1.77. The van der Waals surface area contributed by atoms with Crippen molar-refractivity contribution in [2.75, 3.05) is 26.4 Å². The van der Waals surface area contributed by atoms with Crippen molar-refractivity contribution in [3.63, 3.8) is 0 Å². The maximum atomic E-state index is 5.82. The first-order valence-corrected chi connectivity index (χ1v) is 7.67. The third-order valence-electron chi connectivity index (χ3n) is 3.35. The smallest absolute Gasteiger partial charge is 0.0521 e. The Labute approximate surface area is 114 Å². The van der Waals surface area contributed by atoms with Gasteiger partial charge in [-0.2, -0.15) is 0 Å². The Morgan fingerprint density at radius 2 is 1.39 bits per heavy atom. The quantitative estimate of drug-likeness (QED) is 0.501. The average molecular weight is 258 g/mol. The van der Waals surface area contributed by atoms with Crippen LogP contribution in [0.3, 0.4) is 0 Å². The molecule has 0 bridgehead atoms. The molecule has 0 aliphatic rings. The van der Waals surface area contributed by atoms with Crippen molar-refractivity contribution < 1.29 is 9.47 Å². The van der Waals surface area contributed by atoms with Crippen LogP contribution in [0.25, 0.3) is 0 Å². The van der Waals surface area contributed by atoms with Gasteiger partial charge in [0.15, 0.2) is 0 Å². The minimum Gasteiger partial charge on any atom is -0.381 e. The van der Waals surface area contributed by atoms with Crippen molar-refractivity contribution in [2.24, 2.45) is 11.3 Å². The summed E-state index contributed by atoms with van der Waals surface area (Å²) in [4.78, 5) is 0. The maximum Gasteiger partial charge on any atom is 0.0521 e. The molecule has 0 saturated heterocycles. The van der Waals surface area contributed by atoms with Crippen LogP contribution in [-0.2, 0) is 9.47 Å². The lowest BCUT2D eigenvalue weighted by Crippen LogP contribution is -2.30. The van der Waals surface area contributed by atoms with Gasteiger partial charge in [-0.05, 0) is 18.3 Å². The molecule has 0 saturated carbocycles. The lowest BCUT2D eigenvalue weighted by atomic mass is 9.82. The molecule has 2 nitrogen and oxygen atoms in total. The van der Waals surface area contributed by atoms with E-state index in [0.29, 0.717) is 5.92 Å². The molecule has 1 atom stereocenters. The summed E-state index contributed by atoms with van der Waals surface area (Å²) < 4.78 is 11.5. The zero-order chi connectivity index (χ0) is 13.9. The van der Waals surface area contributed by atoms with Gasteiger partial charge in [0, 0.05) is 19.1 Å². The Kier molecular flexibility index (Phi) is 10.8. The minimum absolute atomic E-state index is 0.261. The van der Waals surface area contributed by atoms with Gasteiger partial charge in [-0.3, -0.25) is 0 Å². The highest BCUT2D eigenvalue weighted by Crippen LogP contribution is 2.26. The van der Waals surface area contributed by atoms with Gasteiger partial charge in [0.05, 0.1) is 13.2 Å². The van der Waals surface area contributed by atoms with Gasteiger partial charge in [0.25, 0.3) is 0 Å². The number of hydrogen-bond donors (Lipinski definition) is 0. The Bertz CT molecular complexity index is 172. The normalized spacial score (nSPS) is 13.8. The van der Waals surface area contributed by atoms with Crippen LogP contribution >= 0.6 is 0 Å². The first-order valence-electron chi connectivity index (χ1n) is 7.67. The zero-order valence-electron chi connectivity index (χ0n) is 13.3. The third-order valence-corrected chi connectivity index (χ3v) is 3.35. The minimum atomic E-state index is 0.261. The lowest BCUT2D eigenvalue weighted by molar-refractivity contribution is -0.00487. The second-order valence-corrected chi connectivity index (χ2v) is 6.27. The molecule has 0 radical (unpaired) electrons. The van der Waals surface area contributed by atoms with Gasteiger partial charge >= 0.3 is 0 Å². The largest absolute Gasteiger partial charge is 0.381 e. The van der Waals surface area contributed by atoms with E-state index in [9.17, 15) is 0 Å². The molecule has 0 aliphatic carbocycles. The summed E-state index contributed by atoms with van der Waals surface area (Å²) >= 11 is 0. The van der Waals surface area contributed by atoms with E-state index in [-0.39, 0.29) is 5.41 Å². The van der Waals surface area contributed by atoms with Crippen molar-refractivity contribution >= 4 is 0 Å². The summed E-state index contributed by atoms with van der Waals surface area (Å²) in [6, 6.07) is 0. The Balaban J connectivity index is 3.73. The van der Waals surface area contributed by atoms with E-state index in [4.69, 9.17) is 9.47 Å². The molecule has 0 aromatic rings. The number of ether oxygens (including phenoxy) is 2. The summed E-state index contributed by atoms with van der Waals surface area (Å²) in [6.45, 7) is 14.6. The van der Waals surface area contributed by atoms with Gasteiger partial charge in [0.1, 0.15) is 0 Å². The second-order valence-electron chi connectivity index (χ2n) is 6.27. The summed E-state index contributed by atoms with van der Waals surface area (Å²) in [5.74, 6) is 0.496. The predicted molar refractivity (Wildman–Crippen MR) is 79.0 cm³/mol. The molecule has 0 rings (SSSR count). The van der Waals surface area contributed by atoms with Crippen LogP contribution in [0.2, 0.25) is 0 Å². The van der Waals surface area contributed by atoms with Crippen LogP contribution in [0.1, 0.15) is 66.7 Å². The Hall–Kier alpha value is -0.0800. The number of rotatable bonds is 11. The maximum absolute atomic E-state index is 5.82. The SMILES string of the molecule is CCCCCCOCC(COCCC)C(C)(C)C. The molecule has 110 valence electrons. The zero-order valence-corrected chi connectivity index (χ0v) is 13.3.